The van der Waals surface area contributed by atoms with Gasteiger partial charge < -0.3 is 4.74 Å². The van der Waals surface area contributed by atoms with Gasteiger partial charge in [-0.05, 0) is 36.6 Å². The van der Waals surface area contributed by atoms with Crippen LogP contribution in [0.25, 0.3) is 0 Å². The summed E-state index contributed by atoms with van der Waals surface area (Å²) in [6, 6.07) is 5.67. The molecule has 0 N–H and O–H groups in total. The normalized spacial score (nSPS) is 13.6. The molecule has 1 heterocycles. The SMILES string of the molecule is CCCn1ncnc1COc1ccc2c(c1)CCC2=O. The van der Waals surface area contributed by atoms with Gasteiger partial charge in [0, 0.05) is 18.5 Å². The summed E-state index contributed by atoms with van der Waals surface area (Å²) in [5.41, 5.74) is 1.93. The minimum Gasteiger partial charge on any atom is -0.486 e. The van der Waals surface area contributed by atoms with E-state index in [0.717, 1.165) is 42.1 Å². The molecule has 0 atom stereocenters. The number of hydrogen-bond donors (Lipinski definition) is 0. The molecule has 0 amide bonds. The molecule has 0 fully saturated rings. The van der Waals surface area contributed by atoms with Crippen molar-refractivity contribution in [3.63, 3.8) is 0 Å². The van der Waals surface area contributed by atoms with Gasteiger partial charge >= 0.3 is 0 Å². The number of ether oxygens (including phenoxy) is 1. The molecule has 1 aliphatic carbocycles. The standard InChI is InChI=1S/C15H17N3O2/c1-2-7-18-15(16-10-17-18)9-20-12-4-5-13-11(8-12)3-6-14(13)19/h4-5,8,10H,2-3,6-7,9H2,1H3. The van der Waals surface area contributed by atoms with Gasteiger partial charge in [-0.15, -0.1) is 0 Å². The molecule has 0 unspecified atom stereocenters. The predicted molar refractivity (Wildman–Crippen MR) is 73.7 cm³/mol. The Hall–Kier alpha value is -2.17. The van der Waals surface area contributed by atoms with Crippen molar-refractivity contribution in [3.8, 4) is 5.75 Å². The lowest BCUT2D eigenvalue weighted by molar-refractivity contribution is 0.0994. The molecule has 0 bridgehead atoms. The second-order valence-electron chi connectivity index (χ2n) is 4.93. The molecular weight excluding hydrogens is 254 g/mol. The summed E-state index contributed by atoms with van der Waals surface area (Å²) in [5.74, 6) is 1.84. The summed E-state index contributed by atoms with van der Waals surface area (Å²) >= 11 is 0. The lowest BCUT2D eigenvalue weighted by Gasteiger charge is -2.08. The van der Waals surface area contributed by atoms with Crippen molar-refractivity contribution >= 4 is 5.78 Å². The fraction of sp³-hybridized carbons (Fsp3) is 0.400. The van der Waals surface area contributed by atoms with Crippen LogP contribution in [0, 0.1) is 0 Å². The summed E-state index contributed by atoms with van der Waals surface area (Å²) in [6.45, 7) is 3.34. The van der Waals surface area contributed by atoms with Crippen molar-refractivity contribution in [1.82, 2.24) is 14.8 Å². The van der Waals surface area contributed by atoms with E-state index in [1.165, 1.54) is 0 Å². The molecule has 5 nitrogen and oxygen atoms in total. The molecule has 1 aromatic carbocycles. The maximum absolute atomic E-state index is 11.6. The van der Waals surface area contributed by atoms with Gasteiger partial charge in [0.1, 0.15) is 18.7 Å². The van der Waals surface area contributed by atoms with E-state index in [0.29, 0.717) is 13.0 Å². The number of rotatable bonds is 5. The third-order valence-corrected chi connectivity index (χ3v) is 3.50. The summed E-state index contributed by atoms with van der Waals surface area (Å²) in [6.07, 6.45) is 3.99. The number of Topliss-reactive ketones (excluding diaryl/α,β-unsaturated/α-hetero) is 1. The van der Waals surface area contributed by atoms with Gasteiger partial charge in [-0.1, -0.05) is 6.92 Å². The van der Waals surface area contributed by atoms with Crippen LogP contribution in [-0.4, -0.2) is 20.5 Å². The Labute approximate surface area is 117 Å². The smallest absolute Gasteiger partial charge is 0.164 e. The molecule has 3 rings (SSSR count). The third-order valence-electron chi connectivity index (χ3n) is 3.50. The van der Waals surface area contributed by atoms with Crippen molar-refractivity contribution < 1.29 is 9.53 Å². The Balaban J connectivity index is 1.70. The topological polar surface area (TPSA) is 57.0 Å². The Bertz CT molecular complexity index is 634. The largest absolute Gasteiger partial charge is 0.486 e. The first-order chi connectivity index (χ1) is 9.78. The average Bonchev–Trinajstić information content (AvgIpc) is 3.04. The molecule has 20 heavy (non-hydrogen) atoms. The number of aromatic nitrogens is 3. The third kappa shape index (κ3) is 2.43. The molecule has 1 aliphatic rings. The van der Waals surface area contributed by atoms with E-state index in [1.54, 1.807) is 6.33 Å². The number of aryl methyl sites for hydroxylation is 2. The van der Waals surface area contributed by atoms with Crippen molar-refractivity contribution in [2.75, 3.05) is 0 Å². The molecule has 104 valence electrons. The van der Waals surface area contributed by atoms with Gasteiger partial charge in [0.2, 0.25) is 0 Å². The highest BCUT2D eigenvalue weighted by atomic mass is 16.5. The van der Waals surface area contributed by atoms with E-state index in [-0.39, 0.29) is 5.78 Å². The minimum atomic E-state index is 0.231. The monoisotopic (exact) mass is 271 g/mol. The summed E-state index contributed by atoms with van der Waals surface area (Å²) < 4.78 is 7.62. The molecule has 0 saturated carbocycles. The molecule has 0 radical (unpaired) electrons. The number of hydrogen-bond acceptors (Lipinski definition) is 4. The minimum absolute atomic E-state index is 0.231. The van der Waals surface area contributed by atoms with E-state index in [4.69, 9.17) is 4.74 Å². The van der Waals surface area contributed by atoms with Gasteiger partial charge in [-0.2, -0.15) is 5.10 Å². The average molecular weight is 271 g/mol. The molecule has 0 aliphatic heterocycles. The van der Waals surface area contributed by atoms with Crippen LogP contribution in [0.3, 0.4) is 0 Å². The lowest BCUT2D eigenvalue weighted by Crippen LogP contribution is -2.08. The van der Waals surface area contributed by atoms with Crippen LogP contribution in [-0.2, 0) is 19.6 Å². The number of benzene rings is 1. The van der Waals surface area contributed by atoms with Crippen LogP contribution in [0.1, 0.15) is 41.5 Å². The molecule has 2 aromatic rings. The fourth-order valence-corrected chi connectivity index (χ4v) is 2.47. The van der Waals surface area contributed by atoms with E-state index < -0.39 is 0 Å². The van der Waals surface area contributed by atoms with Gasteiger partial charge in [0.15, 0.2) is 11.6 Å². The Morgan fingerprint density at radius 2 is 2.25 bits per heavy atom. The van der Waals surface area contributed by atoms with E-state index in [1.807, 2.05) is 22.9 Å². The highest BCUT2D eigenvalue weighted by Gasteiger charge is 2.19. The van der Waals surface area contributed by atoms with Crippen LogP contribution < -0.4 is 4.74 Å². The van der Waals surface area contributed by atoms with Crippen LogP contribution in [0.15, 0.2) is 24.5 Å². The lowest BCUT2D eigenvalue weighted by atomic mass is 10.1. The van der Waals surface area contributed by atoms with Crippen LogP contribution >= 0.6 is 0 Å². The first-order valence-electron chi connectivity index (χ1n) is 6.93. The van der Waals surface area contributed by atoms with E-state index in [9.17, 15) is 4.79 Å². The number of carbonyl (C=O) groups excluding carboxylic acids is 1. The zero-order chi connectivity index (χ0) is 13.9. The maximum Gasteiger partial charge on any atom is 0.164 e. The second kappa shape index (κ2) is 5.45. The Morgan fingerprint density at radius 1 is 1.35 bits per heavy atom. The summed E-state index contributed by atoms with van der Waals surface area (Å²) in [7, 11) is 0. The number of fused-ring (bicyclic) bond motifs is 1. The van der Waals surface area contributed by atoms with E-state index in [2.05, 4.69) is 17.0 Å². The van der Waals surface area contributed by atoms with Gasteiger partial charge in [-0.25, -0.2) is 9.67 Å². The number of carbonyl (C=O) groups is 1. The van der Waals surface area contributed by atoms with Gasteiger partial charge in [0.25, 0.3) is 0 Å². The highest BCUT2D eigenvalue weighted by molar-refractivity contribution is 6.00. The molecule has 0 saturated heterocycles. The maximum atomic E-state index is 11.6. The first kappa shape index (κ1) is 12.8. The van der Waals surface area contributed by atoms with Crippen molar-refractivity contribution in [3.05, 3.63) is 41.5 Å². The van der Waals surface area contributed by atoms with Crippen molar-refractivity contribution in [2.24, 2.45) is 0 Å². The summed E-state index contributed by atoms with van der Waals surface area (Å²) in [4.78, 5) is 15.8. The summed E-state index contributed by atoms with van der Waals surface area (Å²) in [5, 5.41) is 4.17. The predicted octanol–water partition coefficient (Wildman–Crippen LogP) is 2.40. The first-order valence-corrected chi connectivity index (χ1v) is 6.93. The quantitative estimate of drug-likeness (QED) is 0.838. The highest BCUT2D eigenvalue weighted by Crippen LogP contribution is 2.26. The van der Waals surface area contributed by atoms with Crippen LogP contribution in [0.5, 0.6) is 5.75 Å². The fourth-order valence-electron chi connectivity index (χ4n) is 2.47. The zero-order valence-electron chi connectivity index (χ0n) is 11.5. The van der Waals surface area contributed by atoms with Crippen LogP contribution in [0.2, 0.25) is 0 Å². The van der Waals surface area contributed by atoms with E-state index >= 15 is 0 Å². The van der Waals surface area contributed by atoms with Crippen LogP contribution in [0.4, 0.5) is 0 Å². The zero-order valence-corrected chi connectivity index (χ0v) is 11.5. The number of ketones is 1. The molecule has 1 aromatic heterocycles. The van der Waals surface area contributed by atoms with Crippen molar-refractivity contribution in [1.29, 1.82) is 0 Å². The molecule has 0 spiro atoms. The van der Waals surface area contributed by atoms with Gasteiger partial charge in [-0.3, -0.25) is 4.79 Å². The van der Waals surface area contributed by atoms with Gasteiger partial charge in [0.05, 0.1) is 0 Å². The number of nitrogens with zero attached hydrogens (tertiary/aromatic N) is 3. The van der Waals surface area contributed by atoms with Crippen molar-refractivity contribution in [2.45, 2.75) is 39.3 Å². The molecular formula is C15H17N3O2. The Kier molecular flexibility index (Phi) is 3.50. The second-order valence-corrected chi connectivity index (χ2v) is 4.93. The Morgan fingerprint density at radius 3 is 3.10 bits per heavy atom. The molecule has 5 heteroatoms.